The van der Waals surface area contributed by atoms with E-state index >= 15 is 0 Å². The number of hydrogen-bond acceptors (Lipinski definition) is 7. The summed E-state index contributed by atoms with van der Waals surface area (Å²) in [5.74, 6) is 0.189. The summed E-state index contributed by atoms with van der Waals surface area (Å²) in [6.45, 7) is 6.50. The normalized spacial score (nSPS) is 15.5. The predicted molar refractivity (Wildman–Crippen MR) is 140 cm³/mol. The summed E-state index contributed by atoms with van der Waals surface area (Å²) >= 11 is 7.81. The second-order valence-electron chi connectivity index (χ2n) is 8.90. The van der Waals surface area contributed by atoms with Crippen molar-refractivity contribution in [2.75, 3.05) is 6.54 Å². The molecule has 0 unspecified atom stereocenters. The fourth-order valence-electron chi connectivity index (χ4n) is 4.22. The third-order valence-corrected chi connectivity index (χ3v) is 7.76. The van der Waals surface area contributed by atoms with E-state index in [-0.39, 0.29) is 12.3 Å². The Balaban J connectivity index is 1.61. The molecule has 0 bridgehead atoms. The van der Waals surface area contributed by atoms with E-state index in [1.54, 1.807) is 11.3 Å². The number of aliphatic imine (C=N–C) groups is 1. The number of thiophene rings is 1. The van der Waals surface area contributed by atoms with Crippen molar-refractivity contribution in [3.8, 4) is 5.00 Å². The van der Waals surface area contributed by atoms with Gasteiger partial charge in [-0.05, 0) is 57.7 Å². The van der Waals surface area contributed by atoms with Gasteiger partial charge in [0, 0.05) is 27.6 Å². The number of aromatic nitrogens is 3. The number of amides is 1. The van der Waals surface area contributed by atoms with E-state index < -0.39 is 18.1 Å². The Kier molecular flexibility index (Phi) is 7.87. The van der Waals surface area contributed by atoms with Crippen LogP contribution in [0.5, 0.6) is 0 Å². The van der Waals surface area contributed by atoms with Crippen LogP contribution in [0.4, 0.5) is 0 Å². The van der Waals surface area contributed by atoms with Gasteiger partial charge in [0.2, 0.25) is 5.91 Å². The van der Waals surface area contributed by atoms with Crippen molar-refractivity contribution in [3.63, 3.8) is 0 Å². The number of aliphatic carboxylic acids is 1. The molecule has 190 valence electrons. The average molecular weight is 529 g/mol. The van der Waals surface area contributed by atoms with Crippen LogP contribution >= 0.6 is 22.9 Å². The second kappa shape index (κ2) is 10.9. The smallest absolute Gasteiger partial charge is 0.320 e. The van der Waals surface area contributed by atoms with E-state index in [9.17, 15) is 9.59 Å². The lowest BCUT2D eigenvalue weighted by Gasteiger charge is -2.13. The number of nitrogens with zero attached hydrogens (tertiary/aromatic N) is 4. The van der Waals surface area contributed by atoms with E-state index in [0.717, 1.165) is 33.2 Å². The summed E-state index contributed by atoms with van der Waals surface area (Å²) in [6.07, 6.45) is 1.73. The summed E-state index contributed by atoms with van der Waals surface area (Å²) in [6, 6.07) is 6.14. The number of carboxylic acid groups (broad SMARTS) is 1. The second-order valence-corrected chi connectivity index (χ2v) is 10.5. The number of carbonyl (C=O) groups is 2. The van der Waals surface area contributed by atoms with E-state index in [2.05, 4.69) is 29.4 Å². The quantitative estimate of drug-likeness (QED) is 0.360. The van der Waals surface area contributed by atoms with Crippen molar-refractivity contribution in [2.45, 2.75) is 58.5 Å². The summed E-state index contributed by atoms with van der Waals surface area (Å²) < 4.78 is 2.01. The maximum absolute atomic E-state index is 12.9. The van der Waals surface area contributed by atoms with Crippen molar-refractivity contribution in [3.05, 3.63) is 62.5 Å². The number of fused-ring (bicyclic) bond motifs is 3. The van der Waals surface area contributed by atoms with E-state index in [4.69, 9.17) is 27.4 Å². The molecule has 0 fully saturated rings. The number of nitrogens with two attached hydrogens (primary N) is 1. The zero-order valence-electron chi connectivity index (χ0n) is 20.4. The molecule has 1 aromatic carbocycles. The van der Waals surface area contributed by atoms with Gasteiger partial charge < -0.3 is 16.2 Å². The van der Waals surface area contributed by atoms with Crippen molar-refractivity contribution in [1.82, 2.24) is 20.1 Å². The first-order chi connectivity index (χ1) is 17.2. The molecule has 11 heteroatoms. The SMILES string of the molecule is Cc1sc2c(c1C)C(c1ccc(Cl)cc1)=N[C@@H](CC(=O)NCCCC[C@H](N)C(=O)O)c1nnc(C)n1-2. The number of aryl methyl sites for hydroxylation is 2. The van der Waals surface area contributed by atoms with Crippen LogP contribution in [0.1, 0.15) is 64.9 Å². The molecule has 3 aromatic rings. The number of rotatable bonds is 9. The van der Waals surface area contributed by atoms with Crippen LogP contribution in [0, 0.1) is 20.8 Å². The largest absolute Gasteiger partial charge is 0.480 e. The monoisotopic (exact) mass is 528 g/mol. The summed E-state index contributed by atoms with van der Waals surface area (Å²) in [5, 5.41) is 22.2. The minimum absolute atomic E-state index is 0.108. The molecule has 0 aliphatic carbocycles. The first-order valence-electron chi connectivity index (χ1n) is 11.8. The minimum Gasteiger partial charge on any atom is -0.480 e. The first-order valence-corrected chi connectivity index (χ1v) is 13.0. The maximum Gasteiger partial charge on any atom is 0.320 e. The Bertz CT molecular complexity index is 1310. The molecule has 0 radical (unpaired) electrons. The van der Waals surface area contributed by atoms with Gasteiger partial charge in [-0.2, -0.15) is 0 Å². The van der Waals surface area contributed by atoms with Gasteiger partial charge in [0.05, 0.1) is 12.1 Å². The van der Waals surface area contributed by atoms with E-state index in [1.165, 1.54) is 4.88 Å². The van der Waals surface area contributed by atoms with Gasteiger partial charge >= 0.3 is 5.97 Å². The number of carboxylic acids is 1. The lowest BCUT2D eigenvalue weighted by molar-refractivity contribution is -0.138. The molecule has 0 saturated heterocycles. The molecule has 1 aliphatic heterocycles. The predicted octanol–water partition coefficient (Wildman–Crippen LogP) is 3.89. The Morgan fingerprint density at radius 2 is 1.92 bits per heavy atom. The van der Waals surface area contributed by atoms with Gasteiger partial charge in [0.25, 0.3) is 0 Å². The maximum atomic E-state index is 12.9. The van der Waals surface area contributed by atoms with Gasteiger partial charge in [-0.15, -0.1) is 21.5 Å². The Hall–Kier alpha value is -3.08. The summed E-state index contributed by atoms with van der Waals surface area (Å²) in [4.78, 5) is 30.0. The fourth-order valence-corrected chi connectivity index (χ4v) is 5.56. The van der Waals surface area contributed by atoms with Crippen molar-refractivity contribution >= 4 is 40.5 Å². The Morgan fingerprint density at radius 1 is 1.19 bits per heavy atom. The average Bonchev–Trinajstić information content (AvgIpc) is 3.31. The molecule has 0 spiro atoms. The summed E-state index contributed by atoms with van der Waals surface area (Å²) in [5.41, 5.74) is 9.40. The van der Waals surface area contributed by atoms with Gasteiger partial charge in [-0.1, -0.05) is 23.7 Å². The third kappa shape index (κ3) is 5.35. The number of carbonyl (C=O) groups excluding carboxylic acids is 1. The summed E-state index contributed by atoms with van der Waals surface area (Å²) in [7, 11) is 0. The van der Waals surface area contributed by atoms with Crippen molar-refractivity contribution < 1.29 is 14.7 Å². The first kappa shape index (κ1) is 26.0. The zero-order chi connectivity index (χ0) is 26.0. The molecule has 9 nitrogen and oxygen atoms in total. The van der Waals surface area contributed by atoms with Crippen LogP contribution in [-0.2, 0) is 9.59 Å². The zero-order valence-corrected chi connectivity index (χ0v) is 22.0. The van der Waals surface area contributed by atoms with Gasteiger partial charge in [0.15, 0.2) is 5.82 Å². The standard InChI is InChI=1S/C25H29ClN6O3S/c1-13-14(2)36-24-21(13)22(16-7-9-17(26)10-8-16)29-19(23-31-30-15(3)32(23)24)12-20(33)28-11-5-4-6-18(27)25(34)35/h7-10,18-19H,4-6,11-12,27H2,1-3H3,(H,28,33)(H,34,35)/t18-,19-/m0/s1. The van der Waals surface area contributed by atoms with Crippen LogP contribution in [0.25, 0.3) is 5.00 Å². The van der Waals surface area contributed by atoms with Crippen LogP contribution in [0.2, 0.25) is 5.02 Å². The molecule has 1 amide bonds. The molecule has 4 rings (SSSR count). The fraction of sp³-hybridized carbons (Fsp3) is 0.400. The number of nitrogens with one attached hydrogen (secondary N) is 1. The Morgan fingerprint density at radius 3 is 2.61 bits per heavy atom. The van der Waals surface area contributed by atoms with E-state index in [0.29, 0.717) is 36.7 Å². The Labute approximate surface area is 218 Å². The van der Waals surface area contributed by atoms with Crippen molar-refractivity contribution in [1.29, 1.82) is 0 Å². The molecule has 36 heavy (non-hydrogen) atoms. The lowest BCUT2D eigenvalue weighted by Crippen LogP contribution is -2.30. The van der Waals surface area contributed by atoms with E-state index in [1.807, 2.05) is 35.8 Å². The van der Waals surface area contributed by atoms with Crippen LogP contribution < -0.4 is 11.1 Å². The number of halogens is 1. The molecular formula is C25H29ClN6O3S. The lowest BCUT2D eigenvalue weighted by atomic mass is 9.99. The highest BCUT2D eigenvalue weighted by atomic mass is 35.5. The molecule has 3 heterocycles. The highest BCUT2D eigenvalue weighted by Crippen LogP contribution is 2.39. The molecule has 2 atom stereocenters. The minimum atomic E-state index is -1.01. The van der Waals surface area contributed by atoms with Gasteiger partial charge in [0.1, 0.15) is 22.9 Å². The molecule has 0 saturated carbocycles. The van der Waals surface area contributed by atoms with Crippen molar-refractivity contribution in [2.24, 2.45) is 10.7 Å². The molecule has 1 aliphatic rings. The van der Waals surface area contributed by atoms with Crippen LogP contribution in [0.15, 0.2) is 29.3 Å². The number of unbranched alkanes of at least 4 members (excludes halogenated alkanes) is 1. The third-order valence-electron chi connectivity index (χ3n) is 6.32. The van der Waals surface area contributed by atoms with Gasteiger partial charge in [-0.25, -0.2) is 0 Å². The van der Waals surface area contributed by atoms with Crippen LogP contribution in [0.3, 0.4) is 0 Å². The molecular weight excluding hydrogens is 500 g/mol. The molecule has 4 N–H and O–H groups in total. The molecule has 2 aromatic heterocycles. The van der Waals surface area contributed by atoms with Crippen LogP contribution in [-0.4, -0.2) is 50.0 Å². The number of hydrogen-bond donors (Lipinski definition) is 3. The topological polar surface area (TPSA) is 135 Å². The number of benzene rings is 1. The highest BCUT2D eigenvalue weighted by molar-refractivity contribution is 7.15. The van der Waals surface area contributed by atoms with Gasteiger partial charge in [-0.3, -0.25) is 19.1 Å². The highest BCUT2D eigenvalue weighted by Gasteiger charge is 2.32.